The van der Waals surface area contributed by atoms with Gasteiger partial charge in [0.15, 0.2) is 11.5 Å². The minimum Gasteiger partial charge on any atom is -0.486 e. The Morgan fingerprint density at radius 3 is 2.31 bits per heavy atom. The lowest BCUT2D eigenvalue weighted by Gasteiger charge is -2.33. The van der Waals surface area contributed by atoms with Crippen molar-refractivity contribution in [3.8, 4) is 11.5 Å². The first kappa shape index (κ1) is 31.5. The van der Waals surface area contributed by atoms with E-state index in [-0.39, 0.29) is 24.6 Å². The van der Waals surface area contributed by atoms with E-state index in [1.54, 1.807) is 30.3 Å². The highest BCUT2D eigenvalue weighted by atomic mass is 35.5. The van der Waals surface area contributed by atoms with E-state index in [1.807, 2.05) is 37.3 Å². The monoisotopic (exact) mass is 633 g/mol. The third-order valence-corrected chi connectivity index (χ3v) is 8.53. The molecule has 0 spiro atoms. The third kappa shape index (κ3) is 8.08. The maximum absolute atomic E-state index is 14.2. The van der Waals surface area contributed by atoms with Crippen molar-refractivity contribution in [1.82, 2.24) is 10.2 Å². The fourth-order valence-corrected chi connectivity index (χ4v) is 5.72. The number of carbonyl (C=O) groups excluding carboxylic acids is 2. The summed E-state index contributed by atoms with van der Waals surface area (Å²) in [4.78, 5) is 29.1. The van der Waals surface area contributed by atoms with E-state index >= 15 is 0 Å². The topological polar surface area (TPSA) is 105 Å². The van der Waals surface area contributed by atoms with Crippen LogP contribution in [0.4, 0.5) is 5.69 Å². The molecule has 12 heteroatoms. The molecule has 0 radical (unpaired) electrons. The van der Waals surface area contributed by atoms with Gasteiger partial charge < -0.3 is 19.7 Å². The van der Waals surface area contributed by atoms with Gasteiger partial charge in [0, 0.05) is 25.6 Å². The number of nitrogens with one attached hydrogen (secondary N) is 1. The van der Waals surface area contributed by atoms with Gasteiger partial charge in [-0.25, -0.2) is 8.42 Å². The van der Waals surface area contributed by atoms with Gasteiger partial charge in [0.25, 0.3) is 0 Å². The molecule has 0 aromatic heterocycles. The van der Waals surface area contributed by atoms with Gasteiger partial charge >= 0.3 is 0 Å². The van der Waals surface area contributed by atoms with Crippen molar-refractivity contribution >= 4 is 50.7 Å². The molecule has 0 saturated carbocycles. The summed E-state index contributed by atoms with van der Waals surface area (Å²) in [6.45, 7) is 2.50. The van der Waals surface area contributed by atoms with Crippen LogP contribution in [-0.4, -0.2) is 63.7 Å². The van der Waals surface area contributed by atoms with Crippen LogP contribution in [0.15, 0.2) is 66.7 Å². The number of hydrogen-bond donors (Lipinski definition) is 1. The normalized spacial score (nSPS) is 13.2. The van der Waals surface area contributed by atoms with Crippen molar-refractivity contribution in [2.45, 2.75) is 32.4 Å². The first-order valence-electron chi connectivity index (χ1n) is 13.5. The van der Waals surface area contributed by atoms with Gasteiger partial charge in [-0.15, -0.1) is 0 Å². The molecular formula is C30H33Cl2N3O6S. The first-order chi connectivity index (χ1) is 20.1. The molecule has 3 aromatic rings. The number of benzene rings is 3. The highest BCUT2D eigenvalue weighted by molar-refractivity contribution is 7.92. The molecule has 1 aliphatic rings. The summed E-state index contributed by atoms with van der Waals surface area (Å²) in [6, 6.07) is 18.0. The number of ether oxygens (including phenoxy) is 2. The minimum absolute atomic E-state index is 0.00842. The maximum atomic E-state index is 14.2. The zero-order valence-corrected chi connectivity index (χ0v) is 25.7. The molecular weight excluding hydrogens is 601 g/mol. The number of carbonyl (C=O) groups is 2. The molecule has 42 heavy (non-hydrogen) atoms. The average molecular weight is 635 g/mol. The lowest BCUT2D eigenvalue weighted by Crippen LogP contribution is -2.53. The Balaban J connectivity index is 1.73. The Hall–Kier alpha value is -3.47. The van der Waals surface area contributed by atoms with Crippen LogP contribution in [-0.2, 0) is 32.6 Å². The summed E-state index contributed by atoms with van der Waals surface area (Å²) in [5.74, 6) is -0.0525. The Morgan fingerprint density at radius 1 is 0.929 bits per heavy atom. The van der Waals surface area contributed by atoms with E-state index in [0.29, 0.717) is 53.3 Å². The predicted octanol–water partition coefficient (Wildman–Crippen LogP) is 4.70. The molecule has 9 nitrogen and oxygen atoms in total. The third-order valence-electron chi connectivity index (χ3n) is 6.65. The van der Waals surface area contributed by atoms with Crippen LogP contribution in [0.3, 0.4) is 0 Å². The molecule has 1 heterocycles. The molecule has 1 N–H and O–H groups in total. The van der Waals surface area contributed by atoms with Gasteiger partial charge in [-0.3, -0.25) is 13.9 Å². The van der Waals surface area contributed by atoms with Gasteiger partial charge in [0.05, 0.1) is 22.0 Å². The van der Waals surface area contributed by atoms with E-state index < -0.39 is 28.5 Å². The number of hydrogen-bond acceptors (Lipinski definition) is 6. The number of anilines is 1. The van der Waals surface area contributed by atoms with Crippen LogP contribution in [0.2, 0.25) is 10.0 Å². The number of halogens is 2. The van der Waals surface area contributed by atoms with Crippen LogP contribution in [0.5, 0.6) is 11.5 Å². The Kier molecular flexibility index (Phi) is 10.6. The van der Waals surface area contributed by atoms with Gasteiger partial charge in [0.1, 0.15) is 25.8 Å². The standard InChI is InChI=1S/C30H33Cl2N3O6S/c1-3-13-33-30(37)26(17-21-7-5-4-6-8-21)34(19-22-9-11-24(31)25(32)16-22)29(36)20-35(42(2,38)39)23-10-12-27-28(18-23)41-15-14-40-27/h4-12,16,18,26H,3,13-15,17,19-20H2,1-2H3,(H,33,37)/t26-/m1/s1. The molecule has 1 aliphatic heterocycles. The quantitative estimate of drug-likeness (QED) is 0.310. The van der Waals surface area contributed by atoms with Crippen molar-refractivity contribution < 1.29 is 27.5 Å². The second-order valence-corrected chi connectivity index (χ2v) is 12.6. The molecule has 1 atom stereocenters. The molecule has 3 aromatic carbocycles. The molecule has 224 valence electrons. The summed E-state index contributed by atoms with van der Waals surface area (Å²) >= 11 is 12.4. The summed E-state index contributed by atoms with van der Waals surface area (Å²) in [5.41, 5.74) is 1.71. The van der Waals surface area contributed by atoms with Crippen molar-refractivity contribution in [2.24, 2.45) is 0 Å². The summed E-state index contributed by atoms with van der Waals surface area (Å²) in [5, 5.41) is 3.55. The molecule has 0 fully saturated rings. The SMILES string of the molecule is CCCNC(=O)[C@@H](Cc1ccccc1)N(Cc1ccc(Cl)c(Cl)c1)C(=O)CN(c1ccc2c(c1)OCCO2)S(C)(=O)=O. The van der Waals surface area contributed by atoms with Crippen LogP contribution in [0.1, 0.15) is 24.5 Å². The van der Waals surface area contributed by atoms with Gasteiger partial charge in [-0.05, 0) is 41.8 Å². The van der Waals surface area contributed by atoms with Crippen molar-refractivity contribution in [3.63, 3.8) is 0 Å². The Bertz CT molecular complexity index is 1520. The van der Waals surface area contributed by atoms with E-state index in [0.717, 1.165) is 16.1 Å². The molecule has 0 saturated heterocycles. The lowest BCUT2D eigenvalue weighted by atomic mass is 10.0. The Morgan fingerprint density at radius 2 is 1.64 bits per heavy atom. The van der Waals surface area contributed by atoms with E-state index in [9.17, 15) is 18.0 Å². The van der Waals surface area contributed by atoms with Crippen molar-refractivity contribution in [2.75, 3.05) is 36.9 Å². The van der Waals surface area contributed by atoms with Gasteiger partial charge in [0.2, 0.25) is 21.8 Å². The Labute approximate surface area is 256 Å². The molecule has 0 unspecified atom stereocenters. The average Bonchev–Trinajstić information content (AvgIpc) is 2.97. The number of rotatable bonds is 12. The van der Waals surface area contributed by atoms with Crippen LogP contribution in [0, 0.1) is 0 Å². The van der Waals surface area contributed by atoms with Crippen molar-refractivity contribution in [1.29, 1.82) is 0 Å². The number of nitrogens with zero attached hydrogens (tertiary/aromatic N) is 2. The van der Waals surface area contributed by atoms with Crippen LogP contribution in [0.25, 0.3) is 0 Å². The van der Waals surface area contributed by atoms with Crippen LogP contribution >= 0.6 is 23.2 Å². The van der Waals surface area contributed by atoms with Gasteiger partial charge in [-0.1, -0.05) is 66.5 Å². The summed E-state index contributed by atoms with van der Waals surface area (Å²) < 4.78 is 38.2. The molecule has 4 rings (SSSR count). The summed E-state index contributed by atoms with van der Waals surface area (Å²) in [7, 11) is -3.93. The number of fused-ring (bicyclic) bond motifs is 1. The first-order valence-corrected chi connectivity index (χ1v) is 16.1. The second-order valence-electron chi connectivity index (χ2n) is 9.86. The van der Waals surface area contributed by atoms with Crippen LogP contribution < -0.4 is 19.1 Å². The zero-order chi connectivity index (χ0) is 30.3. The van der Waals surface area contributed by atoms with Crippen molar-refractivity contribution in [3.05, 3.63) is 87.9 Å². The summed E-state index contributed by atoms with van der Waals surface area (Å²) in [6.07, 6.45) is 1.94. The highest BCUT2D eigenvalue weighted by Gasteiger charge is 2.33. The fourth-order valence-electron chi connectivity index (χ4n) is 4.56. The second kappa shape index (κ2) is 14.1. The lowest BCUT2D eigenvalue weighted by molar-refractivity contribution is -0.140. The molecule has 0 aliphatic carbocycles. The predicted molar refractivity (Wildman–Crippen MR) is 164 cm³/mol. The van der Waals surface area contributed by atoms with E-state index in [1.165, 1.54) is 11.0 Å². The molecule has 0 bridgehead atoms. The zero-order valence-electron chi connectivity index (χ0n) is 23.4. The number of amides is 2. The van der Waals surface area contributed by atoms with E-state index in [4.69, 9.17) is 32.7 Å². The smallest absolute Gasteiger partial charge is 0.244 e. The maximum Gasteiger partial charge on any atom is 0.244 e. The minimum atomic E-state index is -3.93. The van der Waals surface area contributed by atoms with Gasteiger partial charge in [-0.2, -0.15) is 0 Å². The highest BCUT2D eigenvalue weighted by Crippen LogP contribution is 2.35. The molecule has 2 amide bonds. The number of sulfonamides is 1. The van der Waals surface area contributed by atoms with E-state index in [2.05, 4.69) is 5.32 Å². The largest absolute Gasteiger partial charge is 0.486 e. The fraction of sp³-hybridized carbons (Fsp3) is 0.333.